The van der Waals surface area contributed by atoms with E-state index in [1.54, 1.807) is 17.0 Å². The van der Waals surface area contributed by atoms with Crippen LogP contribution < -0.4 is 10.2 Å². The molecule has 1 aromatic carbocycles. The van der Waals surface area contributed by atoms with E-state index in [1.807, 2.05) is 0 Å². The largest absolute Gasteiger partial charge is 0.368 e. The molecule has 0 radical (unpaired) electrons. The average Bonchev–Trinajstić information content (AvgIpc) is 2.69. The third kappa shape index (κ3) is 5.81. The standard InChI is InChI=1S/C21H28FN3O2/c22-18-6-8-19(9-7-18)24-12-14-25(15-13-24)21(27)16-20(26)23-11-10-17-4-2-1-3-5-17/h4,6-9H,1-3,5,10-16H2,(H,23,26). The average molecular weight is 373 g/mol. The normalized spacial score (nSPS) is 17.4. The number of halogens is 1. The second-order valence-corrected chi connectivity index (χ2v) is 7.23. The van der Waals surface area contributed by atoms with Crippen LogP contribution in [0.5, 0.6) is 0 Å². The summed E-state index contributed by atoms with van der Waals surface area (Å²) in [4.78, 5) is 28.2. The van der Waals surface area contributed by atoms with Crippen LogP contribution in [0.2, 0.25) is 0 Å². The molecule has 0 atom stereocenters. The fraction of sp³-hybridized carbons (Fsp3) is 0.524. The van der Waals surface area contributed by atoms with E-state index in [2.05, 4.69) is 16.3 Å². The van der Waals surface area contributed by atoms with E-state index in [1.165, 1.54) is 30.5 Å². The van der Waals surface area contributed by atoms with Gasteiger partial charge in [-0.1, -0.05) is 11.6 Å². The first kappa shape index (κ1) is 19.4. The van der Waals surface area contributed by atoms with Gasteiger partial charge in [0, 0.05) is 38.4 Å². The highest BCUT2D eigenvalue weighted by Crippen LogP contribution is 2.19. The van der Waals surface area contributed by atoms with Crippen LogP contribution in [0.15, 0.2) is 35.9 Å². The number of carbonyl (C=O) groups excluding carboxylic acids is 2. The highest BCUT2D eigenvalue weighted by atomic mass is 19.1. The molecule has 6 heteroatoms. The lowest BCUT2D eigenvalue weighted by atomic mass is 9.97. The van der Waals surface area contributed by atoms with Crippen LogP contribution in [0.1, 0.15) is 38.5 Å². The Kier molecular flexibility index (Phi) is 6.85. The maximum Gasteiger partial charge on any atom is 0.232 e. The molecular weight excluding hydrogens is 345 g/mol. The minimum absolute atomic E-state index is 0.0877. The molecule has 2 amide bonds. The number of anilines is 1. The molecule has 1 fully saturated rings. The summed E-state index contributed by atoms with van der Waals surface area (Å²) in [5.74, 6) is -0.570. The maximum absolute atomic E-state index is 13.0. The van der Waals surface area contributed by atoms with E-state index in [9.17, 15) is 14.0 Å². The number of rotatable bonds is 6. The lowest BCUT2D eigenvalue weighted by Gasteiger charge is -2.36. The van der Waals surface area contributed by atoms with Crippen molar-refractivity contribution >= 4 is 17.5 Å². The van der Waals surface area contributed by atoms with Gasteiger partial charge in [-0.25, -0.2) is 4.39 Å². The van der Waals surface area contributed by atoms with Crippen molar-refractivity contribution in [3.63, 3.8) is 0 Å². The van der Waals surface area contributed by atoms with E-state index in [0.717, 1.165) is 24.9 Å². The Balaban J connectivity index is 1.36. The van der Waals surface area contributed by atoms with Crippen LogP contribution in [0.4, 0.5) is 10.1 Å². The highest BCUT2D eigenvalue weighted by Gasteiger charge is 2.23. The van der Waals surface area contributed by atoms with Crippen molar-refractivity contribution in [3.05, 3.63) is 41.7 Å². The molecule has 0 aromatic heterocycles. The Morgan fingerprint density at radius 3 is 2.44 bits per heavy atom. The Labute approximate surface area is 160 Å². The smallest absolute Gasteiger partial charge is 0.232 e. The summed E-state index contributed by atoms with van der Waals surface area (Å²) in [5, 5.41) is 2.87. The molecule has 1 aromatic rings. The van der Waals surface area contributed by atoms with Crippen LogP contribution in [0.25, 0.3) is 0 Å². The molecule has 1 saturated heterocycles. The van der Waals surface area contributed by atoms with E-state index in [4.69, 9.17) is 0 Å². The Morgan fingerprint density at radius 1 is 1.04 bits per heavy atom. The van der Waals surface area contributed by atoms with Gasteiger partial charge in [-0.2, -0.15) is 0 Å². The second kappa shape index (κ2) is 9.53. The van der Waals surface area contributed by atoms with Gasteiger partial charge in [-0.3, -0.25) is 9.59 Å². The molecule has 3 rings (SSSR count). The van der Waals surface area contributed by atoms with Crippen LogP contribution in [0, 0.1) is 5.82 Å². The predicted octanol–water partition coefficient (Wildman–Crippen LogP) is 2.87. The van der Waals surface area contributed by atoms with Crippen LogP contribution in [-0.2, 0) is 9.59 Å². The van der Waals surface area contributed by atoms with E-state index >= 15 is 0 Å². The number of hydrogen-bond donors (Lipinski definition) is 1. The van der Waals surface area contributed by atoms with Crippen molar-refractivity contribution in [1.82, 2.24) is 10.2 Å². The summed E-state index contributed by atoms with van der Waals surface area (Å²) in [6.45, 7) is 3.14. The zero-order valence-corrected chi connectivity index (χ0v) is 15.8. The molecular formula is C21H28FN3O2. The summed E-state index contributed by atoms with van der Waals surface area (Å²) in [6, 6.07) is 6.39. The number of piperazine rings is 1. The topological polar surface area (TPSA) is 52.7 Å². The van der Waals surface area contributed by atoms with Crippen LogP contribution >= 0.6 is 0 Å². The van der Waals surface area contributed by atoms with E-state index in [0.29, 0.717) is 32.7 Å². The van der Waals surface area contributed by atoms with Gasteiger partial charge >= 0.3 is 0 Å². The Bertz CT molecular complexity index is 679. The van der Waals surface area contributed by atoms with Gasteiger partial charge in [0.15, 0.2) is 0 Å². The van der Waals surface area contributed by atoms with Gasteiger partial charge in [0.05, 0.1) is 0 Å². The number of hydrogen-bond acceptors (Lipinski definition) is 3. The van der Waals surface area contributed by atoms with E-state index in [-0.39, 0.29) is 24.1 Å². The minimum atomic E-state index is -0.252. The molecule has 5 nitrogen and oxygen atoms in total. The fourth-order valence-electron chi connectivity index (χ4n) is 3.67. The van der Waals surface area contributed by atoms with E-state index < -0.39 is 0 Å². The molecule has 0 spiro atoms. The molecule has 0 unspecified atom stereocenters. The Hall–Kier alpha value is -2.37. The van der Waals surface area contributed by atoms with Crippen molar-refractivity contribution in [1.29, 1.82) is 0 Å². The number of benzene rings is 1. The van der Waals surface area contributed by atoms with Gasteiger partial charge in [0.1, 0.15) is 12.2 Å². The number of allylic oxidation sites excluding steroid dienone is 1. The third-order valence-corrected chi connectivity index (χ3v) is 5.29. The van der Waals surface area contributed by atoms with Gasteiger partial charge < -0.3 is 15.1 Å². The highest BCUT2D eigenvalue weighted by molar-refractivity contribution is 5.97. The first-order valence-corrected chi connectivity index (χ1v) is 9.85. The quantitative estimate of drug-likeness (QED) is 0.616. The molecule has 0 bridgehead atoms. The lowest BCUT2D eigenvalue weighted by molar-refractivity contribution is -0.136. The molecule has 1 N–H and O–H groups in total. The zero-order chi connectivity index (χ0) is 19.1. The molecule has 1 aliphatic carbocycles. The number of carbonyl (C=O) groups is 2. The minimum Gasteiger partial charge on any atom is -0.368 e. The monoisotopic (exact) mass is 373 g/mol. The lowest BCUT2D eigenvalue weighted by Crippen LogP contribution is -2.49. The van der Waals surface area contributed by atoms with Crippen molar-refractivity contribution in [3.8, 4) is 0 Å². The summed E-state index contributed by atoms with van der Waals surface area (Å²) in [7, 11) is 0. The molecule has 1 heterocycles. The Morgan fingerprint density at radius 2 is 1.78 bits per heavy atom. The van der Waals surface area contributed by atoms with Crippen molar-refractivity contribution in [2.75, 3.05) is 37.6 Å². The fourth-order valence-corrected chi connectivity index (χ4v) is 3.67. The molecule has 146 valence electrons. The van der Waals surface area contributed by atoms with Gasteiger partial charge in [0.2, 0.25) is 11.8 Å². The van der Waals surface area contributed by atoms with Gasteiger partial charge in [-0.15, -0.1) is 0 Å². The third-order valence-electron chi connectivity index (χ3n) is 5.29. The molecule has 27 heavy (non-hydrogen) atoms. The SMILES string of the molecule is O=C(CC(=O)N1CCN(c2ccc(F)cc2)CC1)NCCC1=CCCCC1. The van der Waals surface area contributed by atoms with Crippen LogP contribution in [-0.4, -0.2) is 49.4 Å². The molecule has 1 aliphatic heterocycles. The molecule has 0 saturated carbocycles. The van der Waals surface area contributed by atoms with Crippen molar-refractivity contribution < 1.29 is 14.0 Å². The van der Waals surface area contributed by atoms with Crippen molar-refractivity contribution in [2.24, 2.45) is 0 Å². The summed E-state index contributed by atoms with van der Waals surface area (Å²) >= 11 is 0. The number of amides is 2. The first-order chi connectivity index (χ1) is 13.1. The molecule has 2 aliphatic rings. The van der Waals surface area contributed by atoms with Crippen LogP contribution in [0.3, 0.4) is 0 Å². The predicted molar refractivity (Wildman–Crippen MR) is 104 cm³/mol. The van der Waals surface area contributed by atoms with Gasteiger partial charge in [0.25, 0.3) is 0 Å². The summed E-state index contributed by atoms with van der Waals surface area (Å²) in [5.41, 5.74) is 2.38. The summed E-state index contributed by atoms with van der Waals surface area (Å²) in [6.07, 6.45) is 7.85. The maximum atomic E-state index is 13.0. The summed E-state index contributed by atoms with van der Waals surface area (Å²) < 4.78 is 13.0. The number of nitrogens with one attached hydrogen (secondary N) is 1. The number of nitrogens with zero attached hydrogens (tertiary/aromatic N) is 2. The van der Waals surface area contributed by atoms with Gasteiger partial charge in [-0.05, 0) is 56.4 Å². The first-order valence-electron chi connectivity index (χ1n) is 9.85. The zero-order valence-electron chi connectivity index (χ0n) is 15.8. The second-order valence-electron chi connectivity index (χ2n) is 7.23. The van der Waals surface area contributed by atoms with Crippen molar-refractivity contribution in [2.45, 2.75) is 38.5 Å².